The van der Waals surface area contributed by atoms with E-state index in [1.165, 1.54) is 0 Å². The van der Waals surface area contributed by atoms with E-state index in [2.05, 4.69) is 45.5 Å². The van der Waals surface area contributed by atoms with E-state index in [1.807, 2.05) is 36.4 Å². The first-order valence-electron chi connectivity index (χ1n) is 8.22. The Labute approximate surface area is 156 Å². The van der Waals surface area contributed by atoms with E-state index in [0.29, 0.717) is 5.56 Å². The van der Waals surface area contributed by atoms with Crippen LogP contribution in [0.5, 0.6) is 0 Å². The summed E-state index contributed by atoms with van der Waals surface area (Å²) in [6, 6.07) is 14.8. The van der Waals surface area contributed by atoms with Crippen LogP contribution in [0.15, 0.2) is 53.0 Å². The molecule has 0 radical (unpaired) electrons. The zero-order chi connectivity index (χ0) is 18.2. The summed E-state index contributed by atoms with van der Waals surface area (Å²) in [6.45, 7) is 6.00. The largest absolute Gasteiger partial charge is 0.372 e. The van der Waals surface area contributed by atoms with Gasteiger partial charge in [0.15, 0.2) is 0 Å². The van der Waals surface area contributed by atoms with Crippen LogP contribution in [0.2, 0.25) is 0 Å². The normalized spacial score (nSPS) is 10.2. The van der Waals surface area contributed by atoms with Gasteiger partial charge in [-0.1, -0.05) is 28.1 Å². The first-order chi connectivity index (χ1) is 12.0. The van der Waals surface area contributed by atoms with Gasteiger partial charge in [-0.05, 0) is 55.8 Å². The highest BCUT2D eigenvalue weighted by molar-refractivity contribution is 9.10. The van der Waals surface area contributed by atoms with E-state index < -0.39 is 0 Å². The average Bonchev–Trinajstić information content (AvgIpc) is 2.63. The van der Waals surface area contributed by atoms with Crippen LogP contribution >= 0.6 is 15.9 Å². The topological polar surface area (TPSA) is 61.4 Å². The second-order valence-electron chi connectivity index (χ2n) is 5.52. The van der Waals surface area contributed by atoms with E-state index in [4.69, 9.17) is 0 Å². The molecule has 2 N–H and O–H groups in total. The van der Waals surface area contributed by atoms with Crippen LogP contribution in [0.4, 0.5) is 5.69 Å². The number of hydrazine groups is 1. The number of benzene rings is 2. The molecule has 0 aliphatic rings. The quantitative estimate of drug-likeness (QED) is 0.727. The lowest BCUT2D eigenvalue weighted by Gasteiger charge is -2.21. The maximum atomic E-state index is 12.1. The third-order valence-electron chi connectivity index (χ3n) is 3.85. The van der Waals surface area contributed by atoms with E-state index >= 15 is 0 Å². The molecule has 5 nitrogen and oxygen atoms in total. The molecule has 6 heteroatoms. The minimum atomic E-state index is -0.338. The second-order valence-corrected chi connectivity index (χ2v) is 6.44. The smallest absolute Gasteiger partial charge is 0.269 e. The number of carbonyl (C=O) groups excluding carboxylic acids is 2. The first kappa shape index (κ1) is 19.0. The van der Waals surface area contributed by atoms with Gasteiger partial charge in [-0.15, -0.1) is 0 Å². The van der Waals surface area contributed by atoms with Crippen molar-refractivity contribution < 1.29 is 9.59 Å². The van der Waals surface area contributed by atoms with Crippen molar-refractivity contribution in [3.8, 4) is 0 Å². The Morgan fingerprint density at radius 1 is 0.920 bits per heavy atom. The van der Waals surface area contributed by atoms with Crippen LogP contribution in [-0.2, 0) is 11.2 Å². The van der Waals surface area contributed by atoms with Gasteiger partial charge >= 0.3 is 0 Å². The molecule has 2 amide bonds. The summed E-state index contributed by atoms with van der Waals surface area (Å²) in [4.78, 5) is 26.2. The minimum Gasteiger partial charge on any atom is -0.372 e. The van der Waals surface area contributed by atoms with Crippen LogP contribution in [0.3, 0.4) is 0 Å². The van der Waals surface area contributed by atoms with E-state index in [1.54, 1.807) is 12.1 Å². The van der Waals surface area contributed by atoms with Gasteiger partial charge in [0.05, 0.1) is 6.42 Å². The number of nitrogens with one attached hydrogen (secondary N) is 2. The van der Waals surface area contributed by atoms with Crippen molar-refractivity contribution in [1.29, 1.82) is 0 Å². The van der Waals surface area contributed by atoms with Crippen molar-refractivity contribution in [2.75, 3.05) is 18.0 Å². The van der Waals surface area contributed by atoms with Crippen molar-refractivity contribution in [3.05, 3.63) is 64.1 Å². The molecule has 2 aromatic carbocycles. The molecule has 0 bridgehead atoms. The number of amides is 2. The molecule has 2 aromatic rings. The van der Waals surface area contributed by atoms with Crippen LogP contribution in [0, 0.1) is 0 Å². The molecule has 0 atom stereocenters. The third-order valence-corrected chi connectivity index (χ3v) is 4.38. The van der Waals surface area contributed by atoms with Crippen molar-refractivity contribution in [1.82, 2.24) is 10.9 Å². The fourth-order valence-electron chi connectivity index (χ4n) is 2.44. The minimum absolute atomic E-state index is 0.203. The lowest BCUT2D eigenvalue weighted by molar-refractivity contribution is -0.121. The number of halogens is 1. The van der Waals surface area contributed by atoms with Crippen LogP contribution in [-0.4, -0.2) is 24.9 Å². The van der Waals surface area contributed by atoms with Gasteiger partial charge in [-0.25, -0.2) is 0 Å². The number of anilines is 1. The third kappa shape index (κ3) is 5.60. The highest BCUT2D eigenvalue weighted by atomic mass is 79.9. The summed E-state index contributed by atoms with van der Waals surface area (Å²) in [5.41, 5.74) is 7.33. The van der Waals surface area contributed by atoms with Gasteiger partial charge in [0.2, 0.25) is 5.91 Å². The van der Waals surface area contributed by atoms with Crippen molar-refractivity contribution in [2.45, 2.75) is 20.3 Å². The molecule has 0 aliphatic heterocycles. The summed E-state index contributed by atoms with van der Waals surface area (Å²) in [6.07, 6.45) is 0.203. The standard InChI is InChI=1S/C19H22BrN3O2/c1-3-23(4-2)17-11-7-15(8-12-17)19(25)22-21-18(24)13-14-5-9-16(20)10-6-14/h5-12H,3-4,13H2,1-2H3,(H,21,24)(H,22,25). The van der Waals surface area contributed by atoms with Crippen LogP contribution in [0.1, 0.15) is 29.8 Å². The first-order valence-corrected chi connectivity index (χ1v) is 9.01. The molecule has 0 fully saturated rings. The van der Waals surface area contributed by atoms with Gasteiger partial charge in [0.25, 0.3) is 5.91 Å². The predicted octanol–water partition coefficient (Wildman–Crippen LogP) is 3.30. The molecule has 0 unspecified atom stereocenters. The van der Waals surface area contributed by atoms with Crippen molar-refractivity contribution in [2.24, 2.45) is 0 Å². The van der Waals surface area contributed by atoms with Crippen molar-refractivity contribution >= 4 is 33.4 Å². The molecule has 0 saturated carbocycles. The molecule has 2 rings (SSSR count). The zero-order valence-corrected chi connectivity index (χ0v) is 16.0. The van der Waals surface area contributed by atoms with Crippen molar-refractivity contribution in [3.63, 3.8) is 0 Å². The molecule has 0 aromatic heterocycles. The summed E-state index contributed by atoms with van der Waals surface area (Å²) in [7, 11) is 0. The Hall–Kier alpha value is -2.34. The van der Waals surface area contributed by atoms with E-state index in [9.17, 15) is 9.59 Å². The summed E-state index contributed by atoms with van der Waals surface area (Å²) >= 11 is 3.35. The van der Waals surface area contributed by atoms with Gasteiger partial charge in [0.1, 0.15) is 0 Å². The van der Waals surface area contributed by atoms with Gasteiger partial charge in [-0.2, -0.15) is 0 Å². The maximum absolute atomic E-state index is 12.1. The van der Waals surface area contributed by atoms with E-state index in [0.717, 1.165) is 28.8 Å². The van der Waals surface area contributed by atoms with Gasteiger partial charge in [0, 0.05) is 28.8 Å². The van der Waals surface area contributed by atoms with Gasteiger partial charge < -0.3 is 4.90 Å². The molecule has 25 heavy (non-hydrogen) atoms. The number of rotatable bonds is 6. The Morgan fingerprint density at radius 2 is 1.52 bits per heavy atom. The Morgan fingerprint density at radius 3 is 2.08 bits per heavy atom. The average molecular weight is 404 g/mol. The molecule has 0 aliphatic carbocycles. The molecule has 0 saturated heterocycles. The zero-order valence-electron chi connectivity index (χ0n) is 14.4. The number of carbonyl (C=O) groups is 2. The Bertz CT molecular complexity index is 710. The second kappa shape index (κ2) is 9.22. The van der Waals surface area contributed by atoms with Gasteiger partial charge in [-0.3, -0.25) is 20.4 Å². The summed E-state index contributed by atoms with van der Waals surface area (Å²) in [5, 5.41) is 0. The number of hydrogen-bond acceptors (Lipinski definition) is 3. The number of hydrogen-bond donors (Lipinski definition) is 2. The number of nitrogens with zero attached hydrogens (tertiary/aromatic N) is 1. The predicted molar refractivity (Wildman–Crippen MR) is 103 cm³/mol. The molecule has 0 spiro atoms. The molecular weight excluding hydrogens is 382 g/mol. The lowest BCUT2D eigenvalue weighted by Crippen LogP contribution is -2.42. The molecular formula is C19H22BrN3O2. The summed E-state index contributed by atoms with van der Waals surface area (Å²) in [5.74, 6) is -0.606. The Balaban J connectivity index is 1.87. The molecule has 0 heterocycles. The Kier molecular flexibility index (Phi) is 7.01. The molecule has 132 valence electrons. The van der Waals surface area contributed by atoms with Crippen LogP contribution in [0.25, 0.3) is 0 Å². The highest BCUT2D eigenvalue weighted by Gasteiger charge is 2.09. The van der Waals surface area contributed by atoms with E-state index in [-0.39, 0.29) is 18.2 Å². The fourth-order valence-corrected chi connectivity index (χ4v) is 2.71. The lowest BCUT2D eigenvalue weighted by atomic mass is 10.1. The SMILES string of the molecule is CCN(CC)c1ccc(C(=O)NNC(=O)Cc2ccc(Br)cc2)cc1. The monoisotopic (exact) mass is 403 g/mol. The maximum Gasteiger partial charge on any atom is 0.269 e. The summed E-state index contributed by atoms with van der Waals surface area (Å²) < 4.78 is 0.957. The highest BCUT2D eigenvalue weighted by Crippen LogP contribution is 2.15. The van der Waals surface area contributed by atoms with Crippen LogP contribution < -0.4 is 15.8 Å². The fraction of sp³-hybridized carbons (Fsp3) is 0.263.